The van der Waals surface area contributed by atoms with Crippen LogP contribution in [0.1, 0.15) is 15.2 Å². The van der Waals surface area contributed by atoms with Crippen LogP contribution in [0, 0.1) is 10.1 Å². The van der Waals surface area contributed by atoms with Gasteiger partial charge in [0.1, 0.15) is 5.75 Å². The average molecular weight is 395 g/mol. The fourth-order valence-electron chi connectivity index (χ4n) is 3.04. The zero-order valence-corrected chi connectivity index (χ0v) is 15.6. The molecule has 0 fully saturated rings. The molecular formula is C20H17N3O4S. The Morgan fingerprint density at radius 3 is 2.79 bits per heavy atom. The number of anilines is 1. The van der Waals surface area contributed by atoms with Gasteiger partial charge in [0.2, 0.25) is 0 Å². The maximum absolute atomic E-state index is 13.2. The number of nitrogens with zero attached hydrogens (tertiary/aromatic N) is 2. The van der Waals surface area contributed by atoms with Crippen LogP contribution in [-0.2, 0) is 6.54 Å². The van der Waals surface area contributed by atoms with Crippen LogP contribution < -0.4 is 10.1 Å². The molecule has 0 radical (unpaired) electrons. The first-order chi connectivity index (χ1) is 13.6. The molecule has 1 aliphatic heterocycles. The van der Waals surface area contributed by atoms with Gasteiger partial charge in [-0.1, -0.05) is 18.2 Å². The van der Waals surface area contributed by atoms with Crippen LogP contribution >= 0.6 is 11.3 Å². The van der Waals surface area contributed by atoms with Crippen molar-refractivity contribution in [3.8, 4) is 11.5 Å². The third-order valence-electron chi connectivity index (χ3n) is 4.42. The summed E-state index contributed by atoms with van der Waals surface area (Å²) < 4.78 is 5.95. The molecule has 1 aliphatic rings. The summed E-state index contributed by atoms with van der Waals surface area (Å²) in [4.78, 5) is 26.7. The number of benzene rings is 2. The van der Waals surface area contributed by atoms with E-state index in [4.69, 9.17) is 4.74 Å². The Labute approximate surface area is 165 Å². The van der Waals surface area contributed by atoms with Gasteiger partial charge in [-0.3, -0.25) is 14.9 Å². The molecule has 28 heavy (non-hydrogen) atoms. The number of para-hydroxylation sites is 1. The molecule has 0 atom stereocenters. The van der Waals surface area contributed by atoms with Gasteiger partial charge in [-0.05, 0) is 29.6 Å². The van der Waals surface area contributed by atoms with Crippen molar-refractivity contribution in [2.75, 3.05) is 18.4 Å². The number of fused-ring (bicyclic) bond motifs is 2. The first kappa shape index (κ1) is 18.0. The van der Waals surface area contributed by atoms with E-state index in [1.165, 1.54) is 12.1 Å². The fraction of sp³-hybridized carbons (Fsp3) is 0.150. The SMILES string of the molecule is O=C1c2ccccc2Oc2cc([N+](=O)[O-])ccc2NCCN1Cc1cccs1. The number of nitro benzene ring substituents is 1. The summed E-state index contributed by atoms with van der Waals surface area (Å²) in [5, 5.41) is 16.3. The Morgan fingerprint density at radius 2 is 2.00 bits per heavy atom. The van der Waals surface area contributed by atoms with Crippen molar-refractivity contribution in [3.63, 3.8) is 0 Å². The number of thiophene rings is 1. The van der Waals surface area contributed by atoms with Gasteiger partial charge in [-0.25, -0.2) is 0 Å². The molecule has 0 saturated heterocycles. The third kappa shape index (κ3) is 3.67. The highest BCUT2D eigenvalue weighted by Gasteiger charge is 2.23. The molecule has 1 amide bonds. The van der Waals surface area contributed by atoms with E-state index in [0.717, 1.165) is 4.88 Å². The lowest BCUT2D eigenvalue weighted by molar-refractivity contribution is -0.384. The molecule has 0 spiro atoms. The number of hydrogen-bond donors (Lipinski definition) is 1. The van der Waals surface area contributed by atoms with Crippen molar-refractivity contribution in [1.82, 2.24) is 4.90 Å². The van der Waals surface area contributed by atoms with Crippen molar-refractivity contribution in [2.24, 2.45) is 0 Å². The second kappa shape index (κ2) is 7.69. The number of rotatable bonds is 3. The van der Waals surface area contributed by atoms with E-state index in [0.29, 0.717) is 42.4 Å². The van der Waals surface area contributed by atoms with Gasteiger partial charge < -0.3 is 15.0 Å². The Hall–Kier alpha value is -3.39. The first-order valence-electron chi connectivity index (χ1n) is 8.72. The predicted molar refractivity (Wildman–Crippen MR) is 107 cm³/mol. The van der Waals surface area contributed by atoms with E-state index in [2.05, 4.69) is 5.32 Å². The molecule has 0 aliphatic carbocycles. The highest BCUT2D eigenvalue weighted by atomic mass is 32.1. The first-order valence-corrected chi connectivity index (χ1v) is 9.60. The van der Waals surface area contributed by atoms with Crippen LogP contribution in [0.2, 0.25) is 0 Å². The maximum Gasteiger partial charge on any atom is 0.273 e. The van der Waals surface area contributed by atoms with Gasteiger partial charge in [0.25, 0.3) is 11.6 Å². The highest BCUT2D eigenvalue weighted by Crippen LogP contribution is 2.35. The van der Waals surface area contributed by atoms with Gasteiger partial charge in [0.15, 0.2) is 5.75 Å². The molecule has 2 heterocycles. The molecule has 7 nitrogen and oxygen atoms in total. The summed E-state index contributed by atoms with van der Waals surface area (Å²) in [6.45, 7) is 1.49. The lowest BCUT2D eigenvalue weighted by Crippen LogP contribution is -2.35. The van der Waals surface area contributed by atoms with Crippen LogP contribution in [0.4, 0.5) is 11.4 Å². The Bertz CT molecular complexity index is 1020. The van der Waals surface area contributed by atoms with Gasteiger partial charge in [-0.15, -0.1) is 11.3 Å². The molecule has 0 saturated carbocycles. The normalized spacial score (nSPS) is 13.7. The van der Waals surface area contributed by atoms with E-state index >= 15 is 0 Å². The summed E-state index contributed by atoms with van der Waals surface area (Å²) in [6, 6.07) is 15.4. The minimum Gasteiger partial charge on any atom is -0.454 e. The molecule has 0 bridgehead atoms. The van der Waals surface area contributed by atoms with Crippen molar-refractivity contribution in [3.05, 3.63) is 80.5 Å². The van der Waals surface area contributed by atoms with E-state index in [1.807, 2.05) is 17.5 Å². The summed E-state index contributed by atoms with van der Waals surface area (Å²) >= 11 is 1.60. The zero-order chi connectivity index (χ0) is 19.5. The van der Waals surface area contributed by atoms with Gasteiger partial charge in [-0.2, -0.15) is 0 Å². The summed E-state index contributed by atoms with van der Waals surface area (Å²) in [5.41, 5.74) is 1.00. The lowest BCUT2D eigenvalue weighted by atomic mass is 10.1. The van der Waals surface area contributed by atoms with Gasteiger partial charge in [0.05, 0.1) is 28.8 Å². The molecular weight excluding hydrogens is 378 g/mol. The quantitative estimate of drug-likeness (QED) is 0.521. The second-order valence-electron chi connectivity index (χ2n) is 6.27. The van der Waals surface area contributed by atoms with Crippen molar-refractivity contribution in [1.29, 1.82) is 0 Å². The van der Waals surface area contributed by atoms with E-state index < -0.39 is 4.92 Å². The van der Waals surface area contributed by atoms with Crippen molar-refractivity contribution >= 4 is 28.6 Å². The smallest absolute Gasteiger partial charge is 0.273 e. The molecule has 0 unspecified atom stereocenters. The molecule has 142 valence electrons. The Morgan fingerprint density at radius 1 is 1.14 bits per heavy atom. The molecule has 2 aromatic carbocycles. The Balaban J connectivity index is 1.73. The molecule has 1 N–H and O–H groups in total. The third-order valence-corrected chi connectivity index (χ3v) is 5.29. The van der Waals surface area contributed by atoms with E-state index in [9.17, 15) is 14.9 Å². The van der Waals surface area contributed by atoms with Crippen LogP contribution in [0.5, 0.6) is 11.5 Å². The van der Waals surface area contributed by atoms with E-state index in [-0.39, 0.29) is 11.6 Å². The fourth-order valence-corrected chi connectivity index (χ4v) is 3.76. The topological polar surface area (TPSA) is 84.7 Å². The average Bonchev–Trinajstić information content (AvgIpc) is 3.21. The van der Waals surface area contributed by atoms with Gasteiger partial charge >= 0.3 is 0 Å². The number of carbonyl (C=O) groups excluding carboxylic acids is 1. The summed E-state index contributed by atoms with van der Waals surface area (Å²) in [7, 11) is 0. The van der Waals surface area contributed by atoms with Crippen LogP contribution in [0.3, 0.4) is 0 Å². The summed E-state index contributed by atoms with van der Waals surface area (Å²) in [5.74, 6) is 0.551. The number of amides is 1. The number of ether oxygens (including phenoxy) is 1. The molecule has 8 heteroatoms. The monoisotopic (exact) mass is 395 g/mol. The van der Waals surface area contributed by atoms with E-state index in [1.54, 1.807) is 46.6 Å². The minimum absolute atomic E-state index is 0.0688. The maximum atomic E-state index is 13.2. The predicted octanol–water partition coefficient (Wildman–Crippen LogP) is 4.52. The Kier molecular flexibility index (Phi) is 4.94. The number of hydrogen-bond acceptors (Lipinski definition) is 6. The van der Waals surface area contributed by atoms with Crippen molar-refractivity contribution < 1.29 is 14.5 Å². The number of carbonyl (C=O) groups is 1. The lowest BCUT2D eigenvalue weighted by Gasteiger charge is -2.26. The summed E-state index contributed by atoms with van der Waals surface area (Å²) in [6.07, 6.45) is 0. The second-order valence-corrected chi connectivity index (χ2v) is 7.30. The highest BCUT2D eigenvalue weighted by molar-refractivity contribution is 7.09. The zero-order valence-electron chi connectivity index (χ0n) is 14.8. The van der Waals surface area contributed by atoms with Gasteiger partial charge in [0, 0.05) is 24.0 Å². The minimum atomic E-state index is -0.470. The van der Waals surface area contributed by atoms with Crippen molar-refractivity contribution in [2.45, 2.75) is 6.54 Å². The number of nitrogens with one attached hydrogen (secondary N) is 1. The molecule has 4 rings (SSSR count). The van der Waals surface area contributed by atoms with Crippen LogP contribution in [0.15, 0.2) is 60.0 Å². The van der Waals surface area contributed by atoms with Crippen LogP contribution in [0.25, 0.3) is 0 Å². The standard InChI is InChI=1S/C20H17N3O4S/c24-20-16-5-1-2-6-18(16)27-19-12-14(23(25)26)7-8-17(19)21-9-10-22(20)13-15-4-3-11-28-15/h1-8,11-12,21H,9-10,13H2. The molecule has 3 aromatic rings. The van der Waals surface area contributed by atoms with Crippen LogP contribution in [-0.4, -0.2) is 28.8 Å². The number of non-ortho nitro benzene ring substituents is 1. The largest absolute Gasteiger partial charge is 0.454 e. The number of nitro groups is 1. The molecule has 1 aromatic heterocycles.